The molecule has 0 spiro atoms. The van der Waals surface area contributed by atoms with Gasteiger partial charge in [-0.25, -0.2) is 0 Å². The van der Waals surface area contributed by atoms with Crippen molar-refractivity contribution in [3.8, 4) is 33.6 Å². The predicted octanol–water partition coefficient (Wildman–Crippen LogP) is 23.9. The molecule has 0 radical (unpaired) electrons. The third kappa shape index (κ3) is 7.30. The number of hydrogen-bond acceptors (Lipinski definition) is 0. The Bertz CT molecular complexity index is 6090. The molecule has 6 heterocycles. The van der Waals surface area contributed by atoms with E-state index in [0.717, 1.165) is 0 Å². The third-order valence-corrected chi connectivity index (χ3v) is 20.5. The lowest BCUT2D eigenvalue weighted by Crippen LogP contribution is -2.11. The minimum atomic E-state index is -0.111. The number of fused-ring (bicyclic) bond motifs is 21. The lowest BCUT2D eigenvalue weighted by atomic mass is 9.82. The van der Waals surface area contributed by atoms with Gasteiger partial charge in [0, 0.05) is 92.5 Å². The van der Waals surface area contributed by atoms with E-state index in [4.69, 9.17) is 0 Å². The van der Waals surface area contributed by atoms with Crippen molar-refractivity contribution in [1.82, 2.24) is 17.9 Å². The Hall–Kier alpha value is -9.90. The number of hydrogen-bond donors (Lipinski definition) is 0. The van der Waals surface area contributed by atoms with Gasteiger partial charge in [0.1, 0.15) is 0 Å². The van der Waals surface area contributed by atoms with Crippen molar-refractivity contribution < 1.29 is 0 Å². The van der Waals surface area contributed by atoms with Crippen LogP contribution >= 0.6 is 0 Å². The molecule has 0 N–H and O–H groups in total. The van der Waals surface area contributed by atoms with Crippen molar-refractivity contribution in [1.29, 1.82) is 0 Å². The fraction of sp³-hybridized carbons (Fsp3) is 0.186. The second kappa shape index (κ2) is 17.9. The number of aromatic nitrogens is 4. The van der Waals surface area contributed by atoms with Crippen LogP contribution in [0.3, 0.4) is 0 Å². The van der Waals surface area contributed by atoms with E-state index < -0.39 is 0 Å². The number of benzene rings is 12. The number of para-hydroxylation sites is 4. The first-order valence-corrected chi connectivity index (χ1v) is 32.3. The second-order valence-corrected chi connectivity index (χ2v) is 30.2. The fourth-order valence-corrected chi connectivity index (χ4v) is 15.9. The lowest BCUT2D eigenvalue weighted by molar-refractivity contribution is 0.591. The SMILES string of the molecule is CC(C)(C)c1cc(-c2ccc3c(c2)c2ccccc2n3-c2ccccc2)c2c(c1)c1cc(C(C)(C)C)cc3c4c5ccc6c7cc(C(C)(C)C)cc8c9cc(C(C)(C)C)cc(-c%10ccc%11c(c%10)c%10ccccc%10n%11-c%10ccccc%10)c9n(c6c5ccc4n2c13)c87. The summed E-state index contributed by atoms with van der Waals surface area (Å²) in [6.07, 6.45) is 0. The summed E-state index contributed by atoms with van der Waals surface area (Å²) in [5.74, 6) is 0. The first kappa shape index (κ1) is 53.2. The molecule has 0 aliphatic carbocycles. The molecule has 0 saturated heterocycles. The van der Waals surface area contributed by atoms with E-state index in [-0.39, 0.29) is 21.7 Å². The summed E-state index contributed by atoms with van der Waals surface area (Å²) >= 11 is 0. The van der Waals surface area contributed by atoms with Gasteiger partial charge < -0.3 is 17.9 Å². The highest BCUT2D eigenvalue weighted by Crippen LogP contribution is 2.52. The van der Waals surface area contributed by atoms with E-state index in [0.29, 0.717) is 0 Å². The largest absolute Gasteiger partial charge is 0.309 e. The second-order valence-electron chi connectivity index (χ2n) is 30.2. The molecule has 4 heteroatoms. The summed E-state index contributed by atoms with van der Waals surface area (Å²) in [5, 5.41) is 18.0. The molecule has 0 amide bonds. The molecule has 6 aromatic heterocycles. The van der Waals surface area contributed by atoms with Crippen LogP contribution in [0.2, 0.25) is 0 Å². The van der Waals surface area contributed by atoms with E-state index in [1.54, 1.807) is 0 Å². The summed E-state index contributed by atoms with van der Waals surface area (Å²) in [6.45, 7) is 28.5. The molecule has 0 unspecified atom stereocenters. The Morgan fingerprint density at radius 1 is 0.222 bits per heavy atom. The molecule has 90 heavy (non-hydrogen) atoms. The minimum Gasteiger partial charge on any atom is -0.309 e. The Morgan fingerprint density at radius 2 is 0.556 bits per heavy atom. The number of nitrogens with zero attached hydrogens (tertiary/aromatic N) is 4. The van der Waals surface area contributed by atoms with Gasteiger partial charge in [-0.1, -0.05) is 186 Å². The summed E-state index contributed by atoms with van der Waals surface area (Å²) in [7, 11) is 0. The Balaban J connectivity index is 0.971. The molecule has 0 bridgehead atoms. The van der Waals surface area contributed by atoms with Gasteiger partial charge in [0.2, 0.25) is 0 Å². The van der Waals surface area contributed by atoms with Crippen molar-refractivity contribution in [3.63, 3.8) is 0 Å². The normalized spacial score (nSPS) is 13.3. The molecule has 0 saturated carbocycles. The molecule has 18 aromatic rings. The van der Waals surface area contributed by atoms with Gasteiger partial charge in [-0.2, -0.15) is 0 Å². The van der Waals surface area contributed by atoms with Crippen LogP contribution in [0.15, 0.2) is 218 Å². The molecular weight excluding hydrogens is 1090 g/mol. The fourth-order valence-electron chi connectivity index (χ4n) is 15.9. The van der Waals surface area contributed by atoms with Gasteiger partial charge in [-0.15, -0.1) is 0 Å². The number of rotatable bonds is 4. The van der Waals surface area contributed by atoms with Crippen LogP contribution < -0.4 is 0 Å². The van der Waals surface area contributed by atoms with Crippen molar-refractivity contribution in [2.45, 2.75) is 105 Å². The van der Waals surface area contributed by atoms with Gasteiger partial charge in [0.25, 0.3) is 0 Å². The molecule has 0 aliphatic rings. The predicted molar refractivity (Wildman–Crippen MR) is 388 cm³/mol. The average molecular weight is 1160 g/mol. The topological polar surface area (TPSA) is 18.7 Å². The van der Waals surface area contributed by atoms with Gasteiger partial charge in [-0.3, -0.25) is 0 Å². The van der Waals surface area contributed by atoms with Crippen molar-refractivity contribution in [2.24, 2.45) is 0 Å². The monoisotopic (exact) mass is 1160 g/mol. The van der Waals surface area contributed by atoms with Gasteiger partial charge >= 0.3 is 0 Å². The Morgan fingerprint density at radius 3 is 1.03 bits per heavy atom. The Labute approximate surface area is 524 Å². The lowest BCUT2D eigenvalue weighted by Gasteiger charge is -2.22. The van der Waals surface area contributed by atoms with E-state index in [9.17, 15) is 0 Å². The zero-order valence-electron chi connectivity index (χ0n) is 53.6. The molecule has 18 rings (SSSR count). The molecule has 0 aliphatic heterocycles. The maximum absolute atomic E-state index is 2.71. The summed E-state index contributed by atoms with van der Waals surface area (Å²) in [5.41, 5.74) is 24.7. The molecule has 12 aromatic carbocycles. The molecule has 436 valence electrons. The summed E-state index contributed by atoms with van der Waals surface area (Å²) < 4.78 is 10.2. The standard InChI is InChI=1S/C86H72N4/c1-83(2,3)51-41-62(49-31-36-74-64(39-49)57-27-19-21-29-72(57)87(74)55-23-15-13-16-24-55)79-67(44-51)70-47-54(86(10,11)12)48-71-77-59-33-34-61-66-43-53(85(7,8)9)46-69-68-45-52(84(4,5)6)42-63(80(68)90(81(66)69)78(61)60(59)35-38-76(77)89(79)82(70)71)50-32-37-75-65(40-50)58-28-20-22-30-73(58)88(75)56-25-17-14-18-26-56/h13-48H,1-12H3. The minimum absolute atomic E-state index is 0.0823. The maximum atomic E-state index is 2.71. The van der Waals surface area contributed by atoms with E-state index in [2.05, 4.69) is 319 Å². The zero-order valence-corrected chi connectivity index (χ0v) is 53.6. The zero-order chi connectivity index (χ0) is 61.4. The first-order valence-electron chi connectivity index (χ1n) is 32.3. The van der Waals surface area contributed by atoms with Crippen LogP contribution in [0.1, 0.15) is 105 Å². The highest BCUT2D eigenvalue weighted by molar-refractivity contribution is 6.35. The molecule has 4 nitrogen and oxygen atoms in total. The van der Waals surface area contributed by atoms with E-state index >= 15 is 0 Å². The van der Waals surface area contributed by atoms with Crippen LogP contribution in [0.5, 0.6) is 0 Å². The molecular formula is C86H72N4. The first-order chi connectivity index (χ1) is 43.2. The summed E-state index contributed by atoms with van der Waals surface area (Å²) in [6, 6.07) is 84.2. The third-order valence-electron chi connectivity index (χ3n) is 20.5. The highest BCUT2D eigenvalue weighted by Gasteiger charge is 2.31. The quantitative estimate of drug-likeness (QED) is 0.167. The highest BCUT2D eigenvalue weighted by atomic mass is 15.0. The Kier molecular flexibility index (Phi) is 10.6. The van der Waals surface area contributed by atoms with Gasteiger partial charge in [-0.05, 0) is 176 Å². The maximum Gasteiger partial charge on any atom is 0.0621 e. The van der Waals surface area contributed by atoms with Crippen LogP contribution in [-0.2, 0) is 21.7 Å². The van der Waals surface area contributed by atoms with E-state index in [1.807, 2.05) is 0 Å². The van der Waals surface area contributed by atoms with Crippen LogP contribution in [0.25, 0.3) is 164 Å². The van der Waals surface area contributed by atoms with Crippen molar-refractivity contribution >= 4 is 131 Å². The van der Waals surface area contributed by atoms with Gasteiger partial charge in [0.05, 0.1) is 55.2 Å². The molecule has 0 fully saturated rings. The van der Waals surface area contributed by atoms with Crippen molar-refractivity contribution in [3.05, 3.63) is 241 Å². The molecule has 0 atom stereocenters. The van der Waals surface area contributed by atoms with Crippen LogP contribution in [-0.4, -0.2) is 17.9 Å². The van der Waals surface area contributed by atoms with Crippen LogP contribution in [0, 0.1) is 0 Å². The van der Waals surface area contributed by atoms with E-state index in [1.165, 1.54) is 186 Å². The van der Waals surface area contributed by atoms with Gasteiger partial charge in [0.15, 0.2) is 0 Å². The van der Waals surface area contributed by atoms with Crippen molar-refractivity contribution in [2.75, 3.05) is 0 Å². The smallest absolute Gasteiger partial charge is 0.0621 e. The average Bonchev–Trinajstić information content (AvgIpc) is 1.51. The van der Waals surface area contributed by atoms with Crippen LogP contribution in [0.4, 0.5) is 0 Å². The summed E-state index contributed by atoms with van der Waals surface area (Å²) in [4.78, 5) is 0.